The van der Waals surface area contributed by atoms with Gasteiger partial charge in [0, 0.05) is 16.8 Å². The number of ether oxygens (including phenoxy) is 1. The standard InChI is InChI=1S/C26H22N4O4S/c1-17-18(2)30(15-19-8-7-13-33-19)24(22(17)14-27)29-23(31)16-34-26(32)21-11-6-12-28-25(21)35-20-9-4-3-5-10-20/h3-13H,15-16H2,1-2H3,(H,29,31). The maximum Gasteiger partial charge on any atom is 0.341 e. The fourth-order valence-corrected chi connectivity index (χ4v) is 4.38. The Bertz CT molecular complexity index is 1390. The largest absolute Gasteiger partial charge is 0.467 e. The number of nitriles is 1. The number of carbonyl (C=O) groups excluding carboxylic acids is 2. The Hall–Kier alpha value is -4.29. The number of nitrogens with zero attached hydrogens (tertiary/aromatic N) is 3. The van der Waals surface area contributed by atoms with E-state index in [1.54, 1.807) is 35.2 Å². The number of carbonyl (C=O) groups is 2. The van der Waals surface area contributed by atoms with Gasteiger partial charge in [0.2, 0.25) is 0 Å². The van der Waals surface area contributed by atoms with Gasteiger partial charge in [-0.3, -0.25) is 4.79 Å². The van der Waals surface area contributed by atoms with Crippen LogP contribution in [0.3, 0.4) is 0 Å². The third-order valence-electron chi connectivity index (χ3n) is 5.38. The normalized spacial score (nSPS) is 10.5. The molecular formula is C26H22N4O4S. The van der Waals surface area contributed by atoms with Crippen molar-refractivity contribution in [1.82, 2.24) is 9.55 Å². The van der Waals surface area contributed by atoms with Crippen molar-refractivity contribution >= 4 is 29.5 Å². The van der Waals surface area contributed by atoms with Gasteiger partial charge < -0.3 is 19.0 Å². The summed E-state index contributed by atoms with van der Waals surface area (Å²) in [5, 5.41) is 12.9. The van der Waals surface area contributed by atoms with Crippen LogP contribution in [0.1, 0.15) is 32.9 Å². The number of nitrogens with one attached hydrogen (secondary N) is 1. The number of furan rings is 1. The molecule has 0 fully saturated rings. The quantitative estimate of drug-likeness (QED) is 0.351. The number of esters is 1. The maximum atomic E-state index is 12.7. The Morgan fingerprint density at radius 3 is 2.66 bits per heavy atom. The van der Waals surface area contributed by atoms with Crippen molar-refractivity contribution < 1.29 is 18.7 Å². The van der Waals surface area contributed by atoms with Gasteiger partial charge in [-0.15, -0.1) is 0 Å². The summed E-state index contributed by atoms with van der Waals surface area (Å²) >= 11 is 1.33. The van der Waals surface area contributed by atoms with E-state index in [1.165, 1.54) is 11.8 Å². The first-order valence-corrected chi connectivity index (χ1v) is 11.6. The number of rotatable bonds is 8. The zero-order valence-corrected chi connectivity index (χ0v) is 20.0. The predicted molar refractivity (Wildman–Crippen MR) is 130 cm³/mol. The zero-order valence-electron chi connectivity index (χ0n) is 19.1. The Balaban J connectivity index is 1.46. The Morgan fingerprint density at radius 1 is 1.14 bits per heavy atom. The third kappa shape index (κ3) is 5.45. The summed E-state index contributed by atoms with van der Waals surface area (Å²) in [6.45, 7) is 3.50. The van der Waals surface area contributed by atoms with Crippen molar-refractivity contribution in [2.45, 2.75) is 30.3 Å². The third-order valence-corrected chi connectivity index (χ3v) is 6.40. The number of benzene rings is 1. The highest BCUT2D eigenvalue weighted by molar-refractivity contribution is 7.99. The van der Waals surface area contributed by atoms with Crippen LogP contribution in [0.5, 0.6) is 0 Å². The first kappa shape index (κ1) is 23.9. The average Bonchev–Trinajstić information content (AvgIpc) is 3.46. The van der Waals surface area contributed by atoms with Crippen LogP contribution in [0.15, 0.2) is 81.4 Å². The highest BCUT2D eigenvalue weighted by atomic mass is 32.2. The van der Waals surface area contributed by atoms with Gasteiger partial charge >= 0.3 is 5.97 Å². The smallest absolute Gasteiger partial charge is 0.341 e. The van der Waals surface area contributed by atoms with Crippen molar-refractivity contribution in [1.29, 1.82) is 5.26 Å². The van der Waals surface area contributed by atoms with E-state index in [-0.39, 0.29) is 5.56 Å². The lowest BCUT2D eigenvalue weighted by atomic mass is 10.2. The molecule has 0 atom stereocenters. The van der Waals surface area contributed by atoms with Gasteiger partial charge in [0.15, 0.2) is 6.61 Å². The van der Waals surface area contributed by atoms with Crippen LogP contribution in [0, 0.1) is 25.2 Å². The van der Waals surface area contributed by atoms with Crippen molar-refractivity contribution in [3.63, 3.8) is 0 Å². The lowest BCUT2D eigenvalue weighted by molar-refractivity contribution is -0.119. The van der Waals surface area contributed by atoms with Crippen molar-refractivity contribution in [3.05, 3.63) is 95.2 Å². The van der Waals surface area contributed by atoms with E-state index in [0.29, 0.717) is 28.7 Å². The fourth-order valence-electron chi connectivity index (χ4n) is 3.49. The number of amides is 1. The molecule has 35 heavy (non-hydrogen) atoms. The molecule has 0 aliphatic heterocycles. The molecule has 0 unspecified atom stereocenters. The summed E-state index contributed by atoms with van der Waals surface area (Å²) in [4.78, 5) is 30.7. The van der Waals surface area contributed by atoms with Gasteiger partial charge in [0.25, 0.3) is 5.91 Å². The van der Waals surface area contributed by atoms with Crippen LogP contribution in [0.2, 0.25) is 0 Å². The molecule has 0 aliphatic carbocycles. The minimum atomic E-state index is -0.662. The van der Waals surface area contributed by atoms with Crippen molar-refractivity contribution in [2.75, 3.05) is 11.9 Å². The van der Waals surface area contributed by atoms with Crippen LogP contribution in [0.25, 0.3) is 0 Å². The zero-order chi connectivity index (χ0) is 24.8. The monoisotopic (exact) mass is 486 g/mol. The molecule has 0 aliphatic rings. The molecule has 4 rings (SSSR count). The molecule has 3 aromatic heterocycles. The number of aromatic nitrogens is 2. The molecule has 176 valence electrons. The molecule has 0 saturated carbocycles. The van der Waals surface area contributed by atoms with E-state index < -0.39 is 18.5 Å². The van der Waals surface area contributed by atoms with Gasteiger partial charge in [-0.2, -0.15) is 5.26 Å². The summed E-state index contributed by atoms with van der Waals surface area (Å²) in [5.41, 5.74) is 2.19. The molecule has 3 heterocycles. The van der Waals surface area contributed by atoms with Crippen LogP contribution in [-0.4, -0.2) is 28.0 Å². The van der Waals surface area contributed by atoms with Gasteiger partial charge in [-0.25, -0.2) is 9.78 Å². The van der Waals surface area contributed by atoms with E-state index in [4.69, 9.17) is 9.15 Å². The Labute approximate surface area is 206 Å². The summed E-state index contributed by atoms with van der Waals surface area (Å²) < 4.78 is 12.5. The molecular weight excluding hydrogens is 464 g/mol. The number of pyridine rings is 1. The molecule has 1 amide bonds. The molecule has 1 aromatic carbocycles. The van der Waals surface area contributed by atoms with Crippen LogP contribution >= 0.6 is 11.8 Å². The molecule has 9 heteroatoms. The highest BCUT2D eigenvalue weighted by Crippen LogP contribution is 2.29. The second-order valence-electron chi connectivity index (χ2n) is 7.61. The van der Waals surface area contributed by atoms with Gasteiger partial charge in [0.05, 0.1) is 23.9 Å². The topological polar surface area (TPSA) is 110 Å². The first-order valence-electron chi connectivity index (χ1n) is 10.7. The van der Waals surface area contributed by atoms with Crippen LogP contribution in [0.4, 0.5) is 5.82 Å². The van der Waals surface area contributed by atoms with Gasteiger partial charge in [0.1, 0.15) is 22.7 Å². The van der Waals surface area contributed by atoms with Crippen molar-refractivity contribution in [2.24, 2.45) is 0 Å². The number of hydrogen-bond acceptors (Lipinski definition) is 7. The predicted octanol–water partition coefficient (Wildman–Crippen LogP) is 4.96. The Kier molecular flexibility index (Phi) is 7.33. The summed E-state index contributed by atoms with van der Waals surface area (Å²) in [7, 11) is 0. The molecule has 8 nitrogen and oxygen atoms in total. The van der Waals surface area contributed by atoms with E-state index in [1.807, 2.05) is 50.2 Å². The second kappa shape index (κ2) is 10.8. The van der Waals surface area contributed by atoms with Crippen molar-refractivity contribution in [3.8, 4) is 6.07 Å². The van der Waals surface area contributed by atoms with E-state index in [2.05, 4.69) is 16.4 Å². The Morgan fingerprint density at radius 2 is 1.94 bits per heavy atom. The lowest BCUT2D eigenvalue weighted by Crippen LogP contribution is -2.23. The highest BCUT2D eigenvalue weighted by Gasteiger charge is 2.22. The number of hydrogen-bond donors (Lipinski definition) is 1. The number of anilines is 1. The second-order valence-corrected chi connectivity index (χ2v) is 8.67. The summed E-state index contributed by atoms with van der Waals surface area (Å²) in [6, 6.07) is 18.5. The SMILES string of the molecule is Cc1c(C#N)c(NC(=O)COC(=O)c2cccnc2Sc2ccccc2)n(Cc2ccco2)c1C. The molecule has 0 spiro atoms. The maximum absolute atomic E-state index is 12.7. The van der Waals surface area contributed by atoms with Crippen LogP contribution < -0.4 is 5.32 Å². The van der Waals surface area contributed by atoms with Gasteiger partial charge in [-0.1, -0.05) is 30.0 Å². The van der Waals surface area contributed by atoms with Gasteiger partial charge in [-0.05, 0) is 55.8 Å². The molecule has 1 N–H and O–H groups in total. The molecule has 0 saturated heterocycles. The lowest BCUT2D eigenvalue weighted by Gasteiger charge is -2.12. The van der Waals surface area contributed by atoms with E-state index >= 15 is 0 Å². The molecule has 0 bridgehead atoms. The molecule has 4 aromatic rings. The van der Waals surface area contributed by atoms with Crippen LogP contribution in [-0.2, 0) is 16.1 Å². The average molecular weight is 487 g/mol. The van der Waals surface area contributed by atoms with E-state index in [9.17, 15) is 14.9 Å². The summed E-state index contributed by atoms with van der Waals surface area (Å²) in [6.07, 6.45) is 3.16. The minimum Gasteiger partial charge on any atom is -0.467 e. The summed E-state index contributed by atoms with van der Waals surface area (Å²) in [5.74, 6) is -0.212. The minimum absolute atomic E-state index is 0.264. The van der Waals surface area contributed by atoms with E-state index in [0.717, 1.165) is 16.2 Å². The first-order chi connectivity index (χ1) is 17.0. The molecule has 0 radical (unpaired) electrons. The fraction of sp³-hybridized carbons (Fsp3) is 0.154.